The first-order valence-electron chi connectivity index (χ1n) is 8.03. The van der Waals surface area contributed by atoms with Gasteiger partial charge in [-0.3, -0.25) is 4.79 Å². The summed E-state index contributed by atoms with van der Waals surface area (Å²) < 4.78 is 39.9. The van der Waals surface area contributed by atoms with E-state index in [1.807, 2.05) is 25.1 Å². The van der Waals surface area contributed by atoms with Crippen LogP contribution in [0.4, 0.5) is 10.1 Å². The van der Waals surface area contributed by atoms with Crippen LogP contribution < -0.4 is 5.32 Å². The fraction of sp³-hybridized carbons (Fsp3) is 0.278. The molecule has 5 nitrogen and oxygen atoms in total. The number of hydrogen-bond donors (Lipinski definition) is 1. The number of amides is 1. The molecule has 132 valence electrons. The van der Waals surface area contributed by atoms with Gasteiger partial charge in [0.2, 0.25) is 15.9 Å². The average molecular weight is 362 g/mol. The smallest absolute Gasteiger partial charge is 0.243 e. The van der Waals surface area contributed by atoms with Crippen LogP contribution in [0.5, 0.6) is 0 Å². The van der Waals surface area contributed by atoms with Crippen molar-refractivity contribution < 1.29 is 17.6 Å². The zero-order valence-electron chi connectivity index (χ0n) is 13.8. The van der Waals surface area contributed by atoms with E-state index in [1.54, 1.807) is 6.07 Å². The summed E-state index contributed by atoms with van der Waals surface area (Å²) in [4.78, 5) is 12.6. The van der Waals surface area contributed by atoms with Crippen LogP contribution in [-0.4, -0.2) is 31.2 Å². The predicted molar refractivity (Wildman–Crippen MR) is 93.1 cm³/mol. The molecule has 3 rings (SSSR count). The van der Waals surface area contributed by atoms with Crippen molar-refractivity contribution in [1.82, 2.24) is 4.31 Å². The number of sulfonamides is 1. The first kappa shape index (κ1) is 17.6. The molecule has 1 heterocycles. The molecule has 0 radical (unpaired) electrons. The summed E-state index contributed by atoms with van der Waals surface area (Å²) in [5.74, 6) is -0.855. The van der Waals surface area contributed by atoms with Crippen molar-refractivity contribution in [2.75, 3.05) is 11.9 Å². The number of benzene rings is 2. The first-order chi connectivity index (χ1) is 11.9. The van der Waals surface area contributed by atoms with Crippen molar-refractivity contribution in [3.05, 3.63) is 59.9 Å². The van der Waals surface area contributed by atoms with Crippen LogP contribution in [-0.2, 0) is 14.8 Å². The number of halogens is 1. The van der Waals surface area contributed by atoms with E-state index in [1.165, 1.54) is 16.4 Å². The Morgan fingerprint density at radius 3 is 2.52 bits per heavy atom. The molecule has 1 N–H and O–H groups in total. The van der Waals surface area contributed by atoms with Gasteiger partial charge in [0.1, 0.15) is 11.9 Å². The summed E-state index contributed by atoms with van der Waals surface area (Å²) in [7, 11) is -3.85. The summed E-state index contributed by atoms with van der Waals surface area (Å²) in [5.41, 5.74) is 1.57. The maximum absolute atomic E-state index is 13.1. The van der Waals surface area contributed by atoms with Gasteiger partial charge in [-0.05, 0) is 55.7 Å². The van der Waals surface area contributed by atoms with E-state index >= 15 is 0 Å². The molecule has 7 heteroatoms. The Morgan fingerprint density at radius 2 is 1.84 bits per heavy atom. The van der Waals surface area contributed by atoms with Gasteiger partial charge < -0.3 is 5.32 Å². The highest BCUT2D eigenvalue weighted by Crippen LogP contribution is 2.27. The van der Waals surface area contributed by atoms with Crippen molar-refractivity contribution in [2.45, 2.75) is 30.7 Å². The summed E-state index contributed by atoms with van der Waals surface area (Å²) >= 11 is 0. The lowest BCUT2D eigenvalue weighted by Crippen LogP contribution is -2.43. The Bertz CT molecular complexity index is 881. The molecule has 1 aliphatic heterocycles. The third-order valence-electron chi connectivity index (χ3n) is 4.33. The van der Waals surface area contributed by atoms with Gasteiger partial charge in [0.05, 0.1) is 4.90 Å². The molecule has 1 aliphatic rings. The van der Waals surface area contributed by atoms with Crippen molar-refractivity contribution in [1.29, 1.82) is 0 Å². The van der Waals surface area contributed by atoms with E-state index in [0.29, 0.717) is 18.5 Å². The molecule has 0 bridgehead atoms. The zero-order valence-corrected chi connectivity index (χ0v) is 14.6. The molecule has 1 amide bonds. The minimum Gasteiger partial charge on any atom is -0.324 e. The Labute approximate surface area is 146 Å². The molecule has 25 heavy (non-hydrogen) atoms. The van der Waals surface area contributed by atoms with Crippen LogP contribution in [0.3, 0.4) is 0 Å². The minimum atomic E-state index is -3.85. The van der Waals surface area contributed by atoms with Gasteiger partial charge in [-0.1, -0.05) is 18.2 Å². The maximum atomic E-state index is 13.1. The number of anilines is 1. The average Bonchev–Trinajstić information content (AvgIpc) is 3.08. The molecule has 2 aromatic carbocycles. The highest BCUT2D eigenvalue weighted by molar-refractivity contribution is 7.89. The molecule has 1 saturated heterocycles. The van der Waals surface area contributed by atoms with Crippen molar-refractivity contribution in [2.24, 2.45) is 0 Å². The number of hydrogen-bond acceptors (Lipinski definition) is 3. The van der Waals surface area contributed by atoms with Gasteiger partial charge in [-0.25, -0.2) is 12.8 Å². The Kier molecular flexibility index (Phi) is 4.87. The van der Waals surface area contributed by atoms with Gasteiger partial charge in [0.25, 0.3) is 0 Å². The SMILES string of the molecule is Cc1ccccc1NC(=O)[C@@H]1CCCN1S(=O)(=O)c1ccc(F)cc1. The monoisotopic (exact) mass is 362 g/mol. The summed E-state index contributed by atoms with van der Waals surface area (Å²) in [6, 6.07) is 11.2. The van der Waals surface area contributed by atoms with E-state index in [2.05, 4.69) is 5.32 Å². The molecule has 1 fully saturated rings. The van der Waals surface area contributed by atoms with Crippen LogP contribution in [0.15, 0.2) is 53.4 Å². The fourth-order valence-corrected chi connectivity index (χ4v) is 4.62. The van der Waals surface area contributed by atoms with Crippen LogP contribution in [0.25, 0.3) is 0 Å². The number of aryl methyl sites for hydroxylation is 1. The van der Waals surface area contributed by atoms with Gasteiger partial charge in [0.15, 0.2) is 0 Å². The Morgan fingerprint density at radius 1 is 1.16 bits per heavy atom. The third kappa shape index (κ3) is 3.57. The van der Waals surface area contributed by atoms with E-state index in [4.69, 9.17) is 0 Å². The molecular weight excluding hydrogens is 343 g/mol. The molecule has 1 atom stereocenters. The highest BCUT2D eigenvalue weighted by Gasteiger charge is 2.39. The normalized spacial score (nSPS) is 18.2. The van der Waals surface area contributed by atoms with Gasteiger partial charge >= 0.3 is 0 Å². The zero-order chi connectivity index (χ0) is 18.0. The minimum absolute atomic E-state index is 0.00973. The van der Waals surface area contributed by atoms with Crippen LogP contribution >= 0.6 is 0 Å². The second-order valence-corrected chi connectivity index (χ2v) is 7.92. The topological polar surface area (TPSA) is 66.5 Å². The van der Waals surface area contributed by atoms with Crippen LogP contribution in [0, 0.1) is 12.7 Å². The first-order valence-corrected chi connectivity index (χ1v) is 9.47. The lowest BCUT2D eigenvalue weighted by atomic mass is 10.1. The second kappa shape index (κ2) is 6.93. The number of para-hydroxylation sites is 1. The standard InChI is InChI=1S/C18H19FN2O3S/c1-13-5-2-3-6-16(13)20-18(22)17-7-4-12-21(17)25(23,24)15-10-8-14(19)9-11-15/h2-3,5-6,8-11,17H,4,7,12H2,1H3,(H,20,22)/t17-/m0/s1. The van der Waals surface area contributed by atoms with Crippen molar-refractivity contribution in [3.63, 3.8) is 0 Å². The largest absolute Gasteiger partial charge is 0.324 e. The lowest BCUT2D eigenvalue weighted by molar-refractivity contribution is -0.119. The summed E-state index contributed by atoms with van der Waals surface area (Å²) in [5, 5.41) is 2.81. The Balaban J connectivity index is 1.83. The third-order valence-corrected chi connectivity index (χ3v) is 6.25. The van der Waals surface area contributed by atoms with Gasteiger partial charge in [-0.15, -0.1) is 0 Å². The summed E-state index contributed by atoms with van der Waals surface area (Å²) in [6.45, 7) is 2.14. The van der Waals surface area contributed by atoms with E-state index in [0.717, 1.165) is 17.7 Å². The highest BCUT2D eigenvalue weighted by atomic mass is 32.2. The molecule has 2 aromatic rings. The van der Waals surface area contributed by atoms with Crippen LogP contribution in [0.2, 0.25) is 0 Å². The van der Waals surface area contributed by atoms with E-state index in [-0.39, 0.29) is 17.3 Å². The van der Waals surface area contributed by atoms with Crippen LogP contribution in [0.1, 0.15) is 18.4 Å². The molecule has 0 spiro atoms. The van der Waals surface area contributed by atoms with Gasteiger partial charge in [-0.2, -0.15) is 4.31 Å². The number of nitrogens with one attached hydrogen (secondary N) is 1. The molecule has 0 saturated carbocycles. The fourth-order valence-electron chi connectivity index (χ4n) is 2.96. The predicted octanol–water partition coefficient (Wildman–Crippen LogP) is 2.93. The second-order valence-electron chi connectivity index (χ2n) is 6.03. The van der Waals surface area contributed by atoms with E-state index in [9.17, 15) is 17.6 Å². The van der Waals surface area contributed by atoms with E-state index < -0.39 is 21.9 Å². The number of carbonyl (C=O) groups excluding carboxylic acids is 1. The molecule has 0 aliphatic carbocycles. The number of rotatable bonds is 4. The summed E-state index contributed by atoms with van der Waals surface area (Å²) in [6.07, 6.45) is 1.06. The Hall–Kier alpha value is -2.25. The quantitative estimate of drug-likeness (QED) is 0.909. The van der Waals surface area contributed by atoms with Crippen molar-refractivity contribution in [3.8, 4) is 0 Å². The molecule has 0 aromatic heterocycles. The lowest BCUT2D eigenvalue weighted by Gasteiger charge is -2.23. The van der Waals surface area contributed by atoms with Crippen molar-refractivity contribution >= 4 is 21.6 Å². The number of nitrogens with zero attached hydrogens (tertiary/aromatic N) is 1. The maximum Gasteiger partial charge on any atom is 0.243 e. The van der Waals surface area contributed by atoms with Gasteiger partial charge in [0, 0.05) is 12.2 Å². The molecular formula is C18H19FN2O3S. The molecule has 0 unspecified atom stereocenters. The number of carbonyl (C=O) groups is 1.